The highest BCUT2D eigenvalue weighted by molar-refractivity contribution is 5.76. The quantitative estimate of drug-likeness (QED) is 0.764. The van der Waals surface area contributed by atoms with Crippen molar-refractivity contribution in [3.8, 4) is 11.5 Å². The van der Waals surface area contributed by atoms with Gasteiger partial charge in [-0.15, -0.1) is 0 Å². The molecule has 2 rings (SSSR count). The molecule has 1 aromatic heterocycles. The monoisotopic (exact) mass is 332 g/mol. The van der Waals surface area contributed by atoms with Crippen LogP contribution in [0, 0.1) is 0 Å². The Morgan fingerprint density at radius 1 is 1.25 bits per heavy atom. The average Bonchev–Trinajstić information content (AvgIpc) is 3.09. The van der Waals surface area contributed by atoms with Gasteiger partial charge in [0.15, 0.2) is 0 Å². The van der Waals surface area contributed by atoms with Gasteiger partial charge in [-0.3, -0.25) is 9.69 Å². The maximum Gasteiger partial charge on any atom is 0.223 e. The lowest BCUT2D eigenvalue weighted by Crippen LogP contribution is -2.34. The summed E-state index contributed by atoms with van der Waals surface area (Å²) in [4.78, 5) is 14.0. The highest BCUT2D eigenvalue weighted by atomic mass is 16.5. The van der Waals surface area contributed by atoms with Gasteiger partial charge in [0.2, 0.25) is 5.91 Å². The molecule has 0 bridgehead atoms. The molecule has 24 heavy (non-hydrogen) atoms. The molecule has 0 fully saturated rings. The van der Waals surface area contributed by atoms with Gasteiger partial charge >= 0.3 is 0 Å². The van der Waals surface area contributed by atoms with Gasteiger partial charge in [-0.2, -0.15) is 0 Å². The highest BCUT2D eigenvalue weighted by Crippen LogP contribution is 2.19. The standard InChI is InChI=1S/C18H24N2O4/c1-20(2)16(17-8-5-10-24-17)13-19-18(21)9-11-23-15-7-4-6-14(12-15)22-3/h4-8,10,12,16H,9,11,13H2,1-3H3,(H,19,21). The summed E-state index contributed by atoms with van der Waals surface area (Å²) in [5.74, 6) is 2.18. The average molecular weight is 332 g/mol. The lowest BCUT2D eigenvalue weighted by Gasteiger charge is -2.22. The van der Waals surface area contributed by atoms with Gasteiger partial charge in [0.25, 0.3) is 0 Å². The van der Waals surface area contributed by atoms with Crippen molar-refractivity contribution in [2.75, 3.05) is 34.4 Å². The van der Waals surface area contributed by atoms with Crippen LogP contribution in [0.1, 0.15) is 18.2 Å². The van der Waals surface area contributed by atoms with Crippen LogP contribution >= 0.6 is 0 Å². The van der Waals surface area contributed by atoms with Crippen LogP contribution in [0.4, 0.5) is 0 Å². The van der Waals surface area contributed by atoms with E-state index in [-0.39, 0.29) is 18.4 Å². The Hall–Kier alpha value is -2.47. The van der Waals surface area contributed by atoms with E-state index in [0.717, 1.165) is 11.5 Å². The molecule has 0 aliphatic heterocycles. The molecule has 6 heteroatoms. The Bertz CT molecular complexity index is 626. The van der Waals surface area contributed by atoms with Crippen LogP contribution < -0.4 is 14.8 Å². The molecule has 2 aromatic rings. The zero-order valence-electron chi connectivity index (χ0n) is 14.3. The van der Waals surface area contributed by atoms with E-state index in [9.17, 15) is 4.79 Å². The number of furan rings is 1. The number of nitrogens with zero attached hydrogens (tertiary/aromatic N) is 1. The fourth-order valence-electron chi connectivity index (χ4n) is 2.27. The molecule has 0 aliphatic carbocycles. The Morgan fingerprint density at radius 3 is 2.71 bits per heavy atom. The molecule has 0 saturated carbocycles. The Balaban J connectivity index is 1.74. The maximum atomic E-state index is 12.0. The van der Waals surface area contributed by atoms with Crippen molar-refractivity contribution >= 4 is 5.91 Å². The number of rotatable bonds is 9. The number of benzene rings is 1. The minimum Gasteiger partial charge on any atom is -0.497 e. The normalized spacial score (nSPS) is 12.0. The summed E-state index contributed by atoms with van der Waals surface area (Å²) in [7, 11) is 5.50. The van der Waals surface area contributed by atoms with Gasteiger partial charge in [-0.1, -0.05) is 6.07 Å². The number of hydrogen-bond donors (Lipinski definition) is 1. The minimum atomic E-state index is -0.0590. The largest absolute Gasteiger partial charge is 0.497 e. The minimum absolute atomic E-state index is 0.00301. The molecule has 0 saturated heterocycles. The van der Waals surface area contributed by atoms with Crippen LogP contribution in [-0.4, -0.2) is 45.2 Å². The summed E-state index contributed by atoms with van der Waals surface area (Å²) >= 11 is 0. The number of methoxy groups -OCH3 is 1. The third-order valence-electron chi connectivity index (χ3n) is 3.63. The second-order valence-corrected chi connectivity index (χ2v) is 5.58. The van der Waals surface area contributed by atoms with Crippen molar-refractivity contribution in [2.45, 2.75) is 12.5 Å². The summed E-state index contributed by atoms with van der Waals surface area (Å²) in [5.41, 5.74) is 0. The summed E-state index contributed by atoms with van der Waals surface area (Å²) in [6, 6.07) is 11.1. The first-order valence-corrected chi connectivity index (χ1v) is 7.83. The van der Waals surface area contributed by atoms with Crippen molar-refractivity contribution in [3.05, 3.63) is 48.4 Å². The SMILES string of the molecule is COc1cccc(OCCC(=O)NCC(c2ccco2)N(C)C)c1. The molecule has 0 radical (unpaired) electrons. The van der Waals surface area contributed by atoms with E-state index in [2.05, 4.69) is 5.32 Å². The van der Waals surface area contributed by atoms with Crippen molar-refractivity contribution in [2.24, 2.45) is 0 Å². The van der Waals surface area contributed by atoms with Crippen LogP contribution in [0.15, 0.2) is 47.1 Å². The molecule has 1 amide bonds. The van der Waals surface area contributed by atoms with Crippen LogP contribution in [0.5, 0.6) is 11.5 Å². The number of ether oxygens (including phenoxy) is 2. The Kier molecular flexibility index (Phi) is 6.69. The first kappa shape index (κ1) is 17.9. The van der Waals surface area contributed by atoms with E-state index in [4.69, 9.17) is 13.9 Å². The number of hydrogen-bond acceptors (Lipinski definition) is 5. The lowest BCUT2D eigenvalue weighted by atomic mass is 10.2. The first-order chi connectivity index (χ1) is 11.6. The number of nitrogens with one attached hydrogen (secondary N) is 1. The lowest BCUT2D eigenvalue weighted by molar-refractivity contribution is -0.121. The Morgan fingerprint density at radius 2 is 2.04 bits per heavy atom. The predicted octanol–water partition coefficient (Wildman–Crippen LogP) is 2.48. The van der Waals surface area contributed by atoms with Crippen molar-refractivity contribution < 1.29 is 18.7 Å². The maximum absolute atomic E-state index is 12.0. The smallest absolute Gasteiger partial charge is 0.223 e. The van der Waals surface area contributed by atoms with Crippen LogP contribution in [-0.2, 0) is 4.79 Å². The van der Waals surface area contributed by atoms with Gasteiger partial charge in [0, 0.05) is 12.6 Å². The fourth-order valence-corrected chi connectivity index (χ4v) is 2.27. The van der Waals surface area contributed by atoms with E-state index >= 15 is 0 Å². The van der Waals surface area contributed by atoms with E-state index in [1.807, 2.05) is 49.3 Å². The van der Waals surface area contributed by atoms with Crippen molar-refractivity contribution in [3.63, 3.8) is 0 Å². The van der Waals surface area contributed by atoms with Gasteiger partial charge in [0.05, 0.1) is 32.4 Å². The third-order valence-corrected chi connectivity index (χ3v) is 3.63. The van der Waals surface area contributed by atoms with Crippen LogP contribution in [0.2, 0.25) is 0 Å². The molecule has 130 valence electrons. The second kappa shape index (κ2) is 8.98. The summed E-state index contributed by atoms with van der Waals surface area (Å²) in [5, 5.41) is 2.92. The molecular formula is C18H24N2O4. The fraction of sp³-hybridized carbons (Fsp3) is 0.389. The zero-order chi connectivity index (χ0) is 17.4. The number of carbonyl (C=O) groups excluding carboxylic acids is 1. The molecule has 6 nitrogen and oxygen atoms in total. The predicted molar refractivity (Wildman–Crippen MR) is 91.3 cm³/mol. The van der Waals surface area contributed by atoms with E-state index in [1.165, 1.54) is 0 Å². The highest BCUT2D eigenvalue weighted by Gasteiger charge is 2.17. The van der Waals surface area contributed by atoms with E-state index < -0.39 is 0 Å². The molecule has 0 spiro atoms. The van der Waals surface area contributed by atoms with Crippen LogP contribution in [0.3, 0.4) is 0 Å². The van der Waals surface area contributed by atoms with Gasteiger partial charge < -0.3 is 19.2 Å². The van der Waals surface area contributed by atoms with Gasteiger partial charge in [-0.05, 0) is 38.4 Å². The number of amides is 1. The molecule has 0 aliphatic rings. The van der Waals surface area contributed by atoms with Gasteiger partial charge in [-0.25, -0.2) is 0 Å². The van der Waals surface area contributed by atoms with Crippen molar-refractivity contribution in [1.29, 1.82) is 0 Å². The van der Waals surface area contributed by atoms with Crippen molar-refractivity contribution in [1.82, 2.24) is 10.2 Å². The molecule has 1 unspecified atom stereocenters. The molecule has 1 N–H and O–H groups in total. The van der Waals surface area contributed by atoms with E-state index in [1.54, 1.807) is 19.4 Å². The number of likely N-dealkylation sites (N-methyl/N-ethyl adjacent to an activating group) is 1. The summed E-state index contributed by atoms with van der Waals surface area (Å²) in [6.07, 6.45) is 1.92. The molecule has 1 atom stereocenters. The number of carbonyl (C=O) groups is 1. The van der Waals surface area contributed by atoms with Crippen LogP contribution in [0.25, 0.3) is 0 Å². The van der Waals surface area contributed by atoms with E-state index in [0.29, 0.717) is 18.9 Å². The topological polar surface area (TPSA) is 63.9 Å². The first-order valence-electron chi connectivity index (χ1n) is 7.83. The van der Waals surface area contributed by atoms with Gasteiger partial charge in [0.1, 0.15) is 17.3 Å². The third kappa shape index (κ3) is 5.31. The Labute approximate surface area is 142 Å². The molecule has 1 aromatic carbocycles. The molecule has 1 heterocycles. The summed E-state index contributed by atoms with van der Waals surface area (Å²) in [6.45, 7) is 0.797. The summed E-state index contributed by atoms with van der Waals surface area (Å²) < 4.78 is 16.1. The zero-order valence-corrected chi connectivity index (χ0v) is 14.3. The second-order valence-electron chi connectivity index (χ2n) is 5.58. The molecular weight excluding hydrogens is 308 g/mol.